The van der Waals surface area contributed by atoms with Crippen molar-refractivity contribution in [2.24, 2.45) is 5.92 Å². The van der Waals surface area contributed by atoms with Crippen molar-refractivity contribution in [1.82, 2.24) is 4.90 Å². The van der Waals surface area contributed by atoms with E-state index in [1.54, 1.807) is 36.1 Å². The van der Waals surface area contributed by atoms with E-state index in [0.29, 0.717) is 13.1 Å². The number of likely N-dealkylation sites (tertiary alicyclic amines) is 1. The minimum absolute atomic E-state index is 0.0701. The predicted octanol–water partition coefficient (Wildman–Crippen LogP) is 1.66. The molecule has 1 aliphatic heterocycles. The van der Waals surface area contributed by atoms with Crippen LogP contribution < -0.4 is 9.64 Å². The Labute approximate surface area is 117 Å². The van der Waals surface area contributed by atoms with Gasteiger partial charge in [-0.2, -0.15) is 0 Å². The zero-order chi connectivity index (χ0) is 14.7. The van der Waals surface area contributed by atoms with Crippen molar-refractivity contribution in [1.29, 1.82) is 0 Å². The lowest BCUT2D eigenvalue weighted by Crippen LogP contribution is -2.54. The summed E-state index contributed by atoms with van der Waals surface area (Å²) < 4.78 is 5.07. The van der Waals surface area contributed by atoms with Gasteiger partial charge in [-0.05, 0) is 24.3 Å². The Morgan fingerprint density at radius 3 is 2.45 bits per heavy atom. The van der Waals surface area contributed by atoms with Crippen LogP contribution in [0, 0.1) is 5.92 Å². The number of nitrogens with zero attached hydrogens (tertiary/aromatic N) is 2. The Hall–Kier alpha value is -2.24. The summed E-state index contributed by atoms with van der Waals surface area (Å²) in [4.78, 5) is 26.0. The number of benzene rings is 1. The molecule has 2 amide bonds. The third-order valence-corrected chi connectivity index (χ3v) is 3.44. The normalized spacial score (nSPS) is 14.6. The van der Waals surface area contributed by atoms with Crippen LogP contribution in [0.15, 0.2) is 24.3 Å². The van der Waals surface area contributed by atoms with Crippen LogP contribution in [-0.2, 0) is 4.79 Å². The largest absolute Gasteiger partial charge is 0.497 e. The molecule has 1 aromatic carbocycles. The van der Waals surface area contributed by atoms with Crippen molar-refractivity contribution >= 4 is 17.7 Å². The van der Waals surface area contributed by atoms with Gasteiger partial charge in [0, 0.05) is 31.7 Å². The van der Waals surface area contributed by atoms with E-state index in [2.05, 4.69) is 0 Å². The molecule has 0 atom stereocenters. The maximum absolute atomic E-state index is 12.2. The van der Waals surface area contributed by atoms with Gasteiger partial charge in [0.2, 0.25) is 0 Å². The number of carboxylic acids is 1. The summed E-state index contributed by atoms with van der Waals surface area (Å²) >= 11 is 0. The molecule has 1 aliphatic rings. The first-order chi connectivity index (χ1) is 9.51. The van der Waals surface area contributed by atoms with Crippen molar-refractivity contribution in [2.45, 2.75) is 6.42 Å². The molecule has 20 heavy (non-hydrogen) atoms. The molecule has 1 fully saturated rings. The second-order valence-corrected chi connectivity index (χ2v) is 4.91. The van der Waals surface area contributed by atoms with Crippen molar-refractivity contribution in [3.63, 3.8) is 0 Å². The van der Waals surface area contributed by atoms with Gasteiger partial charge < -0.3 is 14.7 Å². The first-order valence-corrected chi connectivity index (χ1v) is 6.39. The standard InChI is InChI=1S/C14H18N2O4/c1-15(11-3-5-12(20-2)6-4-11)14(19)16-8-10(9-16)7-13(17)18/h3-6,10H,7-9H2,1-2H3,(H,17,18). The monoisotopic (exact) mass is 278 g/mol. The van der Waals surface area contributed by atoms with E-state index >= 15 is 0 Å². The van der Waals surface area contributed by atoms with E-state index < -0.39 is 5.97 Å². The van der Waals surface area contributed by atoms with E-state index in [4.69, 9.17) is 9.84 Å². The van der Waals surface area contributed by atoms with Gasteiger partial charge in [0.25, 0.3) is 0 Å². The number of hydrogen-bond donors (Lipinski definition) is 1. The molecular formula is C14H18N2O4. The Morgan fingerprint density at radius 1 is 1.35 bits per heavy atom. The summed E-state index contributed by atoms with van der Waals surface area (Å²) in [5, 5.41) is 8.68. The molecule has 0 spiro atoms. The molecule has 0 aliphatic carbocycles. The van der Waals surface area contributed by atoms with Crippen molar-refractivity contribution in [2.75, 3.05) is 32.1 Å². The van der Waals surface area contributed by atoms with Gasteiger partial charge in [-0.15, -0.1) is 0 Å². The third-order valence-electron chi connectivity index (χ3n) is 3.44. The van der Waals surface area contributed by atoms with E-state index in [9.17, 15) is 9.59 Å². The Morgan fingerprint density at radius 2 is 1.95 bits per heavy atom. The number of hydrogen-bond acceptors (Lipinski definition) is 3. The number of amides is 2. The van der Waals surface area contributed by atoms with Gasteiger partial charge in [-0.3, -0.25) is 9.69 Å². The predicted molar refractivity (Wildman–Crippen MR) is 74.1 cm³/mol. The highest BCUT2D eigenvalue weighted by Gasteiger charge is 2.33. The highest BCUT2D eigenvalue weighted by Crippen LogP contribution is 2.24. The molecule has 1 aromatic rings. The maximum Gasteiger partial charge on any atom is 0.324 e. The van der Waals surface area contributed by atoms with E-state index in [1.165, 1.54) is 0 Å². The minimum Gasteiger partial charge on any atom is -0.497 e. The summed E-state index contributed by atoms with van der Waals surface area (Å²) in [5.41, 5.74) is 0.775. The Balaban J connectivity index is 1.91. The van der Waals surface area contributed by atoms with E-state index in [1.807, 2.05) is 12.1 Å². The number of aliphatic carboxylic acids is 1. The number of urea groups is 1. The van der Waals surface area contributed by atoms with E-state index in [-0.39, 0.29) is 18.4 Å². The molecular weight excluding hydrogens is 260 g/mol. The van der Waals surface area contributed by atoms with Gasteiger partial charge in [-0.25, -0.2) is 4.79 Å². The summed E-state index contributed by atoms with van der Waals surface area (Å²) in [6.45, 7) is 1.01. The fourth-order valence-corrected chi connectivity index (χ4v) is 2.23. The van der Waals surface area contributed by atoms with Crippen LogP contribution in [0.25, 0.3) is 0 Å². The molecule has 1 heterocycles. The molecule has 1 N–H and O–H groups in total. The third kappa shape index (κ3) is 3.01. The lowest BCUT2D eigenvalue weighted by Gasteiger charge is -2.40. The quantitative estimate of drug-likeness (QED) is 0.909. The van der Waals surface area contributed by atoms with Gasteiger partial charge >= 0.3 is 12.0 Å². The molecule has 6 heteroatoms. The molecule has 0 unspecified atom stereocenters. The minimum atomic E-state index is -0.814. The lowest BCUT2D eigenvalue weighted by molar-refractivity contribution is -0.139. The maximum atomic E-state index is 12.2. The number of methoxy groups -OCH3 is 1. The average molecular weight is 278 g/mol. The summed E-state index contributed by atoms with van der Waals surface area (Å²) in [6.07, 6.45) is 0.121. The number of carboxylic acid groups (broad SMARTS) is 1. The number of carbonyl (C=O) groups excluding carboxylic acids is 1. The Bertz CT molecular complexity index is 494. The topological polar surface area (TPSA) is 70.1 Å². The van der Waals surface area contributed by atoms with Crippen molar-refractivity contribution in [3.05, 3.63) is 24.3 Å². The summed E-state index contributed by atoms with van der Waals surface area (Å²) in [7, 11) is 3.29. The first-order valence-electron chi connectivity index (χ1n) is 6.39. The van der Waals surface area contributed by atoms with Crippen LogP contribution in [0.4, 0.5) is 10.5 Å². The SMILES string of the molecule is COc1ccc(N(C)C(=O)N2CC(CC(=O)O)C2)cc1. The van der Waals surface area contributed by atoms with Crippen LogP contribution in [0.1, 0.15) is 6.42 Å². The van der Waals surface area contributed by atoms with Gasteiger partial charge in [0.1, 0.15) is 5.75 Å². The van der Waals surface area contributed by atoms with Crippen molar-refractivity contribution in [3.8, 4) is 5.75 Å². The van der Waals surface area contributed by atoms with Crippen LogP contribution in [0.2, 0.25) is 0 Å². The molecule has 0 saturated carbocycles. The molecule has 6 nitrogen and oxygen atoms in total. The number of anilines is 1. The molecule has 0 radical (unpaired) electrons. The molecule has 2 rings (SSSR count). The smallest absolute Gasteiger partial charge is 0.324 e. The van der Waals surface area contributed by atoms with Crippen LogP contribution in [0.3, 0.4) is 0 Å². The highest BCUT2D eigenvalue weighted by molar-refractivity contribution is 5.92. The summed E-state index contributed by atoms with van der Waals surface area (Å²) in [5.74, 6) is -0.00797. The fraction of sp³-hybridized carbons (Fsp3) is 0.429. The van der Waals surface area contributed by atoms with Gasteiger partial charge in [0.05, 0.1) is 13.5 Å². The zero-order valence-electron chi connectivity index (χ0n) is 11.6. The number of carbonyl (C=O) groups is 2. The zero-order valence-corrected chi connectivity index (χ0v) is 11.6. The molecule has 1 saturated heterocycles. The average Bonchev–Trinajstić information content (AvgIpc) is 2.40. The molecule has 108 valence electrons. The van der Waals surface area contributed by atoms with Crippen LogP contribution in [-0.4, -0.2) is 49.3 Å². The number of ether oxygens (including phenoxy) is 1. The van der Waals surface area contributed by atoms with Gasteiger partial charge in [0.15, 0.2) is 0 Å². The van der Waals surface area contributed by atoms with Crippen LogP contribution in [0.5, 0.6) is 5.75 Å². The Kier molecular flexibility index (Phi) is 4.12. The lowest BCUT2D eigenvalue weighted by atomic mass is 9.97. The highest BCUT2D eigenvalue weighted by atomic mass is 16.5. The van der Waals surface area contributed by atoms with Crippen LogP contribution >= 0.6 is 0 Å². The van der Waals surface area contributed by atoms with Crippen molar-refractivity contribution < 1.29 is 19.4 Å². The van der Waals surface area contributed by atoms with Gasteiger partial charge in [-0.1, -0.05) is 0 Å². The molecule has 0 aromatic heterocycles. The summed E-state index contributed by atoms with van der Waals surface area (Å²) in [6, 6.07) is 7.10. The second kappa shape index (κ2) is 5.81. The second-order valence-electron chi connectivity index (χ2n) is 4.91. The number of rotatable bonds is 4. The first kappa shape index (κ1) is 14.2. The molecule has 0 bridgehead atoms. The fourth-order valence-electron chi connectivity index (χ4n) is 2.23. The van der Waals surface area contributed by atoms with E-state index in [0.717, 1.165) is 11.4 Å².